The highest BCUT2D eigenvalue weighted by atomic mass is 19.1. The molecule has 2 aliphatic heterocycles. The average Bonchev–Trinajstić information content (AvgIpc) is 2.60. The Balaban J connectivity index is 2.00. The predicted octanol–water partition coefficient (Wildman–Crippen LogP) is -0.330. The maximum atomic E-state index is 13.8. The summed E-state index contributed by atoms with van der Waals surface area (Å²) in [5, 5.41) is 18.0. The molecule has 0 aromatic carbocycles. The molecule has 96 valence electrons. The maximum Gasteiger partial charge on any atom is 0.407 e. The number of amides is 2. The van der Waals surface area contributed by atoms with Crippen LogP contribution in [0.3, 0.4) is 0 Å². The van der Waals surface area contributed by atoms with Crippen molar-refractivity contribution in [1.82, 2.24) is 9.80 Å². The van der Waals surface area contributed by atoms with Crippen molar-refractivity contribution in [2.45, 2.75) is 31.2 Å². The molecule has 0 aliphatic carbocycles. The first-order chi connectivity index (χ1) is 8.00. The van der Waals surface area contributed by atoms with E-state index in [0.717, 1.165) is 4.90 Å². The van der Waals surface area contributed by atoms with Gasteiger partial charge in [0.2, 0.25) is 0 Å². The van der Waals surface area contributed by atoms with Crippen LogP contribution in [0, 0.1) is 0 Å². The monoisotopic (exact) mass is 246 g/mol. The van der Waals surface area contributed by atoms with Crippen LogP contribution >= 0.6 is 0 Å². The van der Waals surface area contributed by atoms with E-state index in [4.69, 9.17) is 5.11 Å². The molecule has 0 radical (unpaired) electrons. The Labute approximate surface area is 97.6 Å². The second-order valence-corrected chi connectivity index (χ2v) is 4.44. The number of hydrogen-bond acceptors (Lipinski definition) is 3. The van der Waals surface area contributed by atoms with Gasteiger partial charge in [0.25, 0.3) is 5.91 Å². The molecule has 2 saturated heterocycles. The van der Waals surface area contributed by atoms with Crippen LogP contribution < -0.4 is 0 Å². The number of aliphatic hydroxyl groups is 1. The highest BCUT2D eigenvalue weighted by Gasteiger charge is 2.41. The van der Waals surface area contributed by atoms with Crippen molar-refractivity contribution >= 4 is 12.0 Å². The minimum absolute atomic E-state index is 0.208. The Morgan fingerprint density at radius 1 is 1.35 bits per heavy atom. The molecule has 17 heavy (non-hydrogen) atoms. The highest BCUT2D eigenvalue weighted by molar-refractivity contribution is 5.83. The molecule has 0 saturated carbocycles. The number of halogens is 1. The van der Waals surface area contributed by atoms with E-state index in [2.05, 4.69) is 0 Å². The van der Waals surface area contributed by atoms with E-state index in [1.54, 1.807) is 0 Å². The number of carbonyl (C=O) groups is 2. The van der Waals surface area contributed by atoms with Gasteiger partial charge < -0.3 is 20.0 Å². The molecule has 0 spiro atoms. The van der Waals surface area contributed by atoms with Gasteiger partial charge in [-0.25, -0.2) is 9.18 Å². The molecule has 0 bridgehead atoms. The third-order valence-corrected chi connectivity index (χ3v) is 3.39. The summed E-state index contributed by atoms with van der Waals surface area (Å²) < 4.78 is 13.8. The zero-order valence-electron chi connectivity index (χ0n) is 9.25. The van der Waals surface area contributed by atoms with Gasteiger partial charge in [0.1, 0.15) is 12.3 Å². The van der Waals surface area contributed by atoms with E-state index >= 15 is 0 Å². The van der Waals surface area contributed by atoms with E-state index in [1.165, 1.54) is 4.90 Å². The second kappa shape index (κ2) is 4.48. The lowest BCUT2D eigenvalue weighted by Crippen LogP contribution is -2.54. The lowest BCUT2D eigenvalue weighted by molar-refractivity contribution is -0.138. The van der Waals surface area contributed by atoms with Crippen LogP contribution in [-0.2, 0) is 4.79 Å². The first kappa shape index (κ1) is 12.1. The predicted molar refractivity (Wildman–Crippen MR) is 55.2 cm³/mol. The van der Waals surface area contributed by atoms with Crippen molar-refractivity contribution in [3.8, 4) is 0 Å². The van der Waals surface area contributed by atoms with Gasteiger partial charge in [0.15, 0.2) is 0 Å². The molecule has 7 heteroatoms. The smallest absolute Gasteiger partial charge is 0.407 e. The number of hydrogen-bond donors (Lipinski definition) is 2. The largest absolute Gasteiger partial charge is 0.465 e. The summed E-state index contributed by atoms with van der Waals surface area (Å²) in [6, 6.07) is -0.602. The third kappa shape index (κ3) is 2.19. The van der Waals surface area contributed by atoms with Gasteiger partial charge in [-0.1, -0.05) is 0 Å². The maximum absolute atomic E-state index is 13.8. The summed E-state index contributed by atoms with van der Waals surface area (Å²) in [5.74, 6) is -0.443. The lowest BCUT2D eigenvalue weighted by atomic mass is 10.0. The third-order valence-electron chi connectivity index (χ3n) is 3.39. The van der Waals surface area contributed by atoms with Crippen LogP contribution in [0.1, 0.15) is 12.8 Å². The van der Waals surface area contributed by atoms with Crippen molar-refractivity contribution in [2.75, 3.05) is 19.6 Å². The van der Waals surface area contributed by atoms with E-state index in [0.29, 0.717) is 13.0 Å². The van der Waals surface area contributed by atoms with Crippen molar-refractivity contribution < 1.29 is 24.2 Å². The number of alkyl halides is 1. The Hall–Kier alpha value is -1.37. The van der Waals surface area contributed by atoms with E-state index in [9.17, 15) is 19.1 Å². The summed E-state index contributed by atoms with van der Waals surface area (Å²) in [6.07, 6.45) is -2.94. The standard InChI is InChI=1S/C10H15FN2O4/c11-6-5-12(10(16)17)3-1-7(6)13-4-2-8(14)9(13)15/h6-8,14H,1-5H2,(H,16,17)/t6-,7-,8-/m1/s1. The number of piperidine rings is 1. The van der Waals surface area contributed by atoms with Crippen LogP contribution in [-0.4, -0.2) is 70.0 Å². The molecule has 3 atom stereocenters. The minimum Gasteiger partial charge on any atom is -0.465 e. The van der Waals surface area contributed by atoms with Crippen LogP contribution in [0.5, 0.6) is 0 Å². The van der Waals surface area contributed by atoms with Crippen molar-refractivity contribution in [3.05, 3.63) is 0 Å². The Bertz CT molecular complexity index is 338. The zero-order chi connectivity index (χ0) is 12.6. The summed E-state index contributed by atoms with van der Waals surface area (Å²) in [4.78, 5) is 24.6. The number of carboxylic acid groups (broad SMARTS) is 1. The molecule has 2 heterocycles. The van der Waals surface area contributed by atoms with E-state index in [1.807, 2.05) is 0 Å². The molecule has 2 fully saturated rings. The Kier molecular flexibility index (Phi) is 3.19. The zero-order valence-corrected chi connectivity index (χ0v) is 9.25. The Morgan fingerprint density at radius 2 is 2.06 bits per heavy atom. The van der Waals surface area contributed by atoms with Gasteiger partial charge in [-0.15, -0.1) is 0 Å². The highest BCUT2D eigenvalue weighted by Crippen LogP contribution is 2.24. The fourth-order valence-electron chi connectivity index (χ4n) is 2.43. The van der Waals surface area contributed by atoms with E-state index < -0.39 is 30.3 Å². The number of rotatable bonds is 1. The molecule has 6 nitrogen and oxygen atoms in total. The van der Waals surface area contributed by atoms with Crippen LogP contribution in [0.2, 0.25) is 0 Å². The van der Waals surface area contributed by atoms with Crippen LogP contribution in [0.25, 0.3) is 0 Å². The number of carbonyl (C=O) groups excluding carboxylic acids is 1. The molecule has 2 rings (SSSR count). The molecule has 2 amide bonds. The summed E-state index contributed by atoms with van der Waals surface area (Å²) in [5.41, 5.74) is 0. The van der Waals surface area contributed by atoms with E-state index in [-0.39, 0.29) is 19.5 Å². The van der Waals surface area contributed by atoms with Gasteiger partial charge in [-0.05, 0) is 12.8 Å². The SMILES string of the molecule is O=C(O)N1CC[C@@H](N2CC[C@@H](O)C2=O)[C@H](F)C1. The lowest BCUT2D eigenvalue weighted by Gasteiger charge is -2.37. The van der Waals surface area contributed by atoms with Crippen molar-refractivity contribution in [3.63, 3.8) is 0 Å². The van der Waals surface area contributed by atoms with Crippen molar-refractivity contribution in [2.24, 2.45) is 0 Å². The summed E-state index contributed by atoms with van der Waals surface area (Å²) >= 11 is 0. The second-order valence-electron chi connectivity index (χ2n) is 4.44. The van der Waals surface area contributed by atoms with Gasteiger partial charge in [0, 0.05) is 13.1 Å². The molecule has 2 N–H and O–H groups in total. The van der Waals surface area contributed by atoms with Crippen molar-refractivity contribution in [1.29, 1.82) is 0 Å². The minimum atomic E-state index is -1.38. The fourth-order valence-corrected chi connectivity index (χ4v) is 2.43. The van der Waals surface area contributed by atoms with Crippen LogP contribution in [0.15, 0.2) is 0 Å². The summed E-state index contributed by atoms with van der Waals surface area (Å²) in [7, 11) is 0. The first-order valence-electron chi connectivity index (χ1n) is 5.61. The molecular weight excluding hydrogens is 231 g/mol. The van der Waals surface area contributed by atoms with Gasteiger partial charge in [0.05, 0.1) is 12.6 Å². The molecule has 0 aromatic rings. The topological polar surface area (TPSA) is 81.1 Å². The molecule has 2 aliphatic rings. The number of nitrogens with zero attached hydrogens (tertiary/aromatic N) is 2. The average molecular weight is 246 g/mol. The first-order valence-corrected chi connectivity index (χ1v) is 5.61. The number of likely N-dealkylation sites (tertiary alicyclic amines) is 2. The molecule has 0 unspecified atom stereocenters. The Morgan fingerprint density at radius 3 is 2.53 bits per heavy atom. The normalized spacial score (nSPS) is 34.2. The summed E-state index contributed by atoms with van der Waals surface area (Å²) in [6.45, 7) is 0.359. The molecular formula is C10H15FN2O4. The fraction of sp³-hybridized carbons (Fsp3) is 0.800. The number of aliphatic hydroxyl groups excluding tert-OH is 1. The van der Waals surface area contributed by atoms with Crippen LogP contribution in [0.4, 0.5) is 9.18 Å². The quantitative estimate of drug-likeness (QED) is 0.664. The van der Waals surface area contributed by atoms with Gasteiger partial charge >= 0.3 is 6.09 Å². The molecule has 0 aromatic heterocycles. The van der Waals surface area contributed by atoms with Gasteiger partial charge in [-0.3, -0.25) is 4.79 Å². The van der Waals surface area contributed by atoms with Gasteiger partial charge in [-0.2, -0.15) is 0 Å².